The van der Waals surface area contributed by atoms with Crippen LogP contribution in [0.2, 0.25) is 0 Å². The Morgan fingerprint density at radius 2 is 2.29 bits per heavy atom. The molecule has 0 aliphatic rings. The summed E-state index contributed by atoms with van der Waals surface area (Å²) in [5.74, 6) is -0.357. The zero-order chi connectivity index (χ0) is 15.4. The zero-order valence-corrected chi connectivity index (χ0v) is 13.8. The van der Waals surface area contributed by atoms with Crippen LogP contribution >= 0.6 is 15.9 Å². The van der Waals surface area contributed by atoms with Gasteiger partial charge in [-0.25, -0.2) is 9.48 Å². The van der Waals surface area contributed by atoms with Crippen LogP contribution in [0, 0.1) is 0 Å². The van der Waals surface area contributed by atoms with Crippen molar-refractivity contribution in [2.24, 2.45) is 0 Å². The second-order valence-electron chi connectivity index (χ2n) is 4.61. The first-order chi connectivity index (χ1) is 10.1. The van der Waals surface area contributed by atoms with Gasteiger partial charge in [0.25, 0.3) is 0 Å². The smallest absolute Gasteiger partial charge is 0.341 e. The number of halogens is 1. The highest BCUT2D eigenvalue weighted by Crippen LogP contribution is 2.25. The Kier molecular flexibility index (Phi) is 5.14. The molecule has 1 unspecified atom stereocenters. The average molecular weight is 352 g/mol. The molecule has 0 bridgehead atoms. The van der Waals surface area contributed by atoms with E-state index in [9.17, 15) is 4.79 Å². The fourth-order valence-electron chi connectivity index (χ4n) is 2.01. The van der Waals surface area contributed by atoms with Gasteiger partial charge in [0.2, 0.25) is 0 Å². The summed E-state index contributed by atoms with van der Waals surface area (Å²) in [6.45, 7) is 4.20. The van der Waals surface area contributed by atoms with E-state index in [4.69, 9.17) is 4.74 Å². The molecule has 0 saturated heterocycles. The van der Waals surface area contributed by atoms with E-state index in [-0.39, 0.29) is 12.0 Å². The molecule has 1 heterocycles. The van der Waals surface area contributed by atoms with E-state index < -0.39 is 0 Å². The van der Waals surface area contributed by atoms with Gasteiger partial charge in [-0.2, -0.15) is 5.10 Å². The number of benzene rings is 1. The Morgan fingerprint density at radius 1 is 1.52 bits per heavy atom. The average Bonchev–Trinajstić information content (AvgIpc) is 2.96. The second kappa shape index (κ2) is 6.87. The molecule has 1 aromatic heterocycles. The van der Waals surface area contributed by atoms with Gasteiger partial charge in [-0.15, -0.1) is 0 Å². The molecule has 0 aliphatic carbocycles. The molecule has 112 valence electrons. The van der Waals surface area contributed by atoms with E-state index in [1.54, 1.807) is 17.8 Å². The number of carbonyl (C=O) groups excluding carboxylic acids is 1. The van der Waals surface area contributed by atoms with Crippen LogP contribution in [0.15, 0.2) is 35.1 Å². The Morgan fingerprint density at radius 3 is 2.95 bits per heavy atom. The maximum atomic E-state index is 11.7. The minimum absolute atomic E-state index is 0.160. The fourth-order valence-corrected chi connectivity index (χ4v) is 2.39. The third-order valence-electron chi connectivity index (χ3n) is 3.23. The van der Waals surface area contributed by atoms with Crippen molar-refractivity contribution in [2.75, 3.05) is 13.7 Å². The highest BCUT2D eigenvalue weighted by Gasteiger charge is 2.15. The first-order valence-corrected chi connectivity index (χ1v) is 7.55. The summed E-state index contributed by atoms with van der Waals surface area (Å²) in [6.07, 6.45) is 3.21. The Hall–Kier alpha value is -1.66. The van der Waals surface area contributed by atoms with Gasteiger partial charge in [0.05, 0.1) is 24.1 Å². The molecule has 21 heavy (non-hydrogen) atoms. The molecule has 2 aromatic rings. The lowest BCUT2D eigenvalue weighted by atomic mass is 10.1. The summed E-state index contributed by atoms with van der Waals surface area (Å²) in [5.41, 5.74) is 2.46. The minimum atomic E-state index is -0.357. The molecular formula is C15H18BrN3O2. The maximum absolute atomic E-state index is 11.7. The highest BCUT2D eigenvalue weighted by atomic mass is 79.9. The standard InChI is InChI=1S/C15H18BrN3O2/c1-4-21-15(20)11-8-18-19(9-11)14-6-5-12(16)7-13(14)10(2)17-3/h5-10,17H,4H2,1-3H3. The number of rotatable bonds is 5. The number of hydrogen-bond acceptors (Lipinski definition) is 4. The number of nitrogens with zero attached hydrogens (tertiary/aromatic N) is 2. The molecule has 5 nitrogen and oxygen atoms in total. The molecule has 0 amide bonds. The third kappa shape index (κ3) is 3.51. The lowest BCUT2D eigenvalue weighted by Gasteiger charge is -2.16. The lowest BCUT2D eigenvalue weighted by molar-refractivity contribution is 0.0526. The Balaban J connectivity index is 2.40. The predicted octanol–water partition coefficient (Wildman–Crippen LogP) is 3.09. The van der Waals surface area contributed by atoms with Crippen LogP contribution in [-0.4, -0.2) is 29.4 Å². The van der Waals surface area contributed by atoms with Crippen LogP contribution in [0.1, 0.15) is 35.8 Å². The zero-order valence-electron chi connectivity index (χ0n) is 12.3. The van der Waals surface area contributed by atoms with E-state index in [1.165, 1.54) is 6.20 Å². The quantitative estimate of drug-likeness (QED) is 0.841. The van der Waals surface area contributed by atoms with Crippen LogP contribution in [0.4, 0.5) is 0 Å². The topological polar surface area (TPSA) is 56.1 Å². The van der Waals surface area contributed by atoms with Crippen LogP contribution in [-0.2, 0) is 4.74 Å². The van der Waals surface area contributed by atoms with Gasteiger partial charge in [-0.1, -0.05) is 15.9 Å². The number of esters is 1. The lowest BCUT2D eigenvalue weighted by Crippen LogP contribution is -2.15. The number of nitrogens with one attached hydrogen (secondary N) is 1. The molecule has 2 rings (SSSR count). The van der Waals surface area contributed by atoms with Crippen molar-refractivity contribution in [3.63, 3.8) is 0 Å². The Bertz CT molecular complexity index is 640. The van der Waals surface area contributed by atoms with Crippen LogP contribution in [0.25, 0.3) is 5.69 Å². The fraction of sp³-hybridized carbons (Fsp3) is 0.333. The predicted molar refractivity (Wildman–Crippen MR) is 84.7 cm³/mol. The van der Waals surface area contributed by atoms with Crippen LogP contribution in [0.5, 0.6) is 0 Å². The molecular weight excluding hydrogens is 334 g/mol. The SMILES string of the molecule is CCOC(=O)c1cnn(-c2ccc(Br)cc2C(C)NC)c1. The summed E-state index contributed by atoms with van der Waals surface area (Å²) in [7, 11) is 1.91. The monoisotopic (exact) mass is 351 g/mol. The summed E-state index contributed by atoms with van der Waals surface area (Å²) in [4.78, 5) is 11.7. The van der Waals surface area contributed by atoms with Crippen molar-refractivity contribution in [1.82, 2.24) is 15.1 Å². The summed E-state index contributed by atoms with van der Waals surface area (Å²) in [5, 5.41) is 7.48. The highest BCUT2D eigenvalue weighted by molar-refractivity contribution is 9.10. The number of hydrogen-bond donors (Lipinski definition) is 1. The maximum Gasteiger partial charge on any atom is 0.341 e. The first-order valence-electron chi connectivity index (χ1n) is 6.75. The number of aromatic nitrogens is 2. The molecule has 0 aliphatic heterocycles. The molecule has 1 N–H and O–H groups in total. The molecule has 0 radical (unpaired) electrons. The van der Waals surface area contributed by atoms with Gasteiger partial charge >= 0.3 is 5.97 Å². The second-order valence-corrected chi connectivity index (χ2v) is 5.52. The molecule has 1 atom stereocenters. The largest absolute Gasteiger partial charge is 0.462 e. The van der Waals surface area contributed by atoms with Gasteiger partial charge in [0, 0.05) is 16.7 Å². The molecule has 0 saturated carbocycles. The van der Waals surface area contributed by atoms with Crippen molar-refractivity contribution in [3.05, 3.63) is 46.2 Å². The van der Waals surface area contributed by atoms with Crippen LogP contribution < -0.4 is 5.32 Å². The minimum Gasteiger partial charge on any atom is -0.462 e. The van der Waals surface area contributed by atoms with Gasteiger partial charge in [-0.05, 0) is 44.7 Å². The first kappa shape index (κ1) is 15.7. The molecule has 0 spiro atoms. The van der Waals surface area contributed by atoms with Crippen molar-refractivity contribution in [3.8, 4) is 5.69 Å². The van der Waals surface area contributed by atoms with Gasteiger partial charge in [-0.3, -0.25) is 0 Å². The Labute approximate surface area is 132 Å². The van der Waals surface area contributed by atoms with Crippen molar-refractivity contribution in [2.45, 2.75) is 19.9 Å². The van der Waals surface area contributed by atoms with E-state index in [1.807, 2.05) is 25.2 Å². The van der Waals surface area contributed by atoms with Crippen molar-refractivity contribution < 1.29 is 9.53 Å². The molecule has 1 aromatic carbocycles. The van der Waals surface area contributed by atoms with E-state index in [0.717, 1.165) is 15.7 Å². The third-order valence-corrected chi connectivity index (χ3v) is 3.72. The van der Waals surface area contributed by atoms with E-state index >= 15 is 0 Å². The van der Waals surface area contributed by atoms with Crippen molar-refractivity contribution in [1.29, 1.82) is 0 Å². The van der Waals surface area contributed by atoms with Crippen molar-refractivity contribution >= 4 is 21.9 Å². The number of ether oxygens (including phenoxy) is 1. The van der Waals surface area contributed by atoms with Gasteiger partial charge in [0.1, 0.15) is 0 Å². The molecule has 6 heteroatoms. The number of carbonyl (C=O) groups is 1. The van der Waals surface area contributed by atoms with Crippen LogP contribution in [0.3, 0.4) is 0 Å². The molecule has 0 fully saturated rings. The van der Waals surface area contributed by atoms with Gasteiger partial charge in [0.15, 0.2) is 0 Å². The summed E-state index contributed by atoms with van der Waals surface area (Å²) >= 11 is 3.48. The summed E-state index contributed by atoms with van der Waals surface area (Å²) in [6, 6.07) is 6.12. The van der Waals surface area contributed by atoms with E-state index in [2.05, 4.69) is 33.3 Å². The van der Waals surface area contributed by atoms with Gasteiger partial charge < -0.3 is 10.1 Å². The van der Waals surface area contributed by atoms with E-state index in [0.29, 0.717) is 12.2 Å². The normalized spacial score (nSPS) is 12.2. The summed E-state index contributed by atoms with van der Waals surface area (Å²) < 4.78 is 7.68.